The highest BCUT2D eigenvalue weighted by molar-refractivity contribution is 4.94. The van der Waals surface area contributed by atoms with Crippen molar-refractivity contribution in [2.45, 2.75) is 45.7 Å². The highest BCUT2D eigenvalue weighted by atomic mass is 16.5. The maximum Gasteiger partial charge on any atom is 0.0637 e. The predicted molar refractivity (Wildman–Crippen MR) is 75.0 cm³/mol. The van der Waals surface area contributed by atoms with Crippen molar-refractivity contribution in [2.24, 2.45) is 0 Å². The fourth-order valence-corrected chi connectivity index (χ4v) is 2.46. The van der Waals surface area contributed by atoms with Gasteiger partial charge in [0.05, 0.1) is 19.8 Å². The molecule has 4 heteroatoms. The molecule has 1 fully saturated rings. The van der Waals surface area contributed by atoms with Gasteiger partial charge in [0.2, 0.25) is 0 Å². The van der Waals surface area contributed by atoms with E-state index < -0.39 is 0 Å². The number of hydrogen-bond donors (Lipinski definition) is 1. The first-order valence-corrected chi connectivity index (χ1v) is 7.26. The van der Waals surface area contributed by atoms with Crippen LogP contribution in [0.25, 0.3) is 0 Å². The summed E-state index contributed by atoms with van der Waals surface area (Å²) in [7, 11) is 0. The number of nitrogens with zero attached hydrogens (tertiary/aromatic N) is 1. The summed E-state index contributed by atoms with van der Waals surface area (Å²) >= 11 is 0. The van der Waals surface area contributed by atoms with Gasteiger partial charge in [-0.2, -0.15) is 0 Å². The molecule has 1 heterocycles. The predicted octanol–water partition coefficient (Wildman–Crippen LogP) is 1.50. The summed E-state index contributed by atoms with van der Waals surface area (Å²) in [6.07, 6.45) is 1.08. The minimum atomic E-state index is 0.105. The van der Waals surface area contributed by atoms with Crippen molar-refractivity contribution in [3.63, 3.8) is 0 Å². The van der Waals surface area contributed by atoms with Gasteiger partial charge in [0.15, 0.2) is 0 Å². The third kappa shape index (κ3) is 4.50. The SMILES string of the molecule is CCCOCC(NCC)C(C)(C)N1CCOCC1. The van der Waals surface area contributed by atoms with E-state index in [0.717, 1.165) is 52.5 Å². The topological polar surface area (TPSA) is 33.7 Å². The first-order valence-electron chi connectivity index (χ1n) is 7.26. The highest BCUT2D eigenvalue weighted by Gasteiger charge is 2.35. The minimum absolute atomic E-state index is 0.105. The fraction of sp³-hybridized carbons (Fsp3) is 1.00. The van der Waals surface area contributed by atoms with E-state index in [9.17, 15) is 0 Å². The number of likely N-dealkylation sites (N-methyl/N-ethyl adjacent to an activating group) is 1. The average molecular weight is 258 g/mol. The van der Waals surface area contributed by atoms with Crippen LogP contribution in [0.15, 0.2) is 0 Å². The maximum atomic E-state index is 5.75. The Morgan fingerprint density at radius 1 is 1.28 bits per heavy atom. The molecule has 0 aliphatic carbocycles. The average Bonchev–Trinajstić information content (AvgIpc) is 2.39. The lowest BCUT2D eigenvalue weighted by Gasteiger charge is -2.46. The van der Waals surface area contributed by atoms with Crippen molar-refractivity contribution in [2.75, 3.05) is 46.1 Å². The van der Waals surface area contributed by atoms with E-state index in [-0.39, 0.29) is 5.54 Å². The van der Waals surface area contributed by atoms with Gasteiger partial charge >= 0.3 is 0 Å². The quantitative estimate of drug-likeness (QED) is 0.669. The zero-order valence-corrected chi connectivity index (χ0v) is 12.5. The molecule has 108 valence electrons. The molecule has 1 N–H and O–H groups in total. The molecule has 1 atom stereocenters. The van der Waals surface area contributed by atoms with Gasteiger partial charge in [-0.1, -0.05) is 13.8 Å². The van der Waals surface area contributed by atoms with Crippen molar-refractivity contribution >= 4 is 0 Å². The molecule has 0 aromatic carbocycles. The van der Waals surface area contributed by atoms with Crippen molar-refractivity contribution in [3.8, 4) is 0 Å². The summed E-state index contributed by atoms with van der Waals surface area (Å²) in [5, 5.41) is 3.57. The van der Waals surface area contributed by atoms with E-state index in [1.807, 2.05) is 0 Å². The third-order valence-electron chi connectivity index (χ3n) is 3.76. The molecule has 18 heavy (non-hydrogen) atoms. The molecule has 0 aromatic rings. The van der Waals surface area contributed by atoms with Crippen LogP contribution in [0.5, 0.6) is 0 Å². The van der Waals surface area contributed by atoms with Gasteiger partial charge in [-0.25, -0.2) is 0 Å². The standard InChI is InChI=1S/C14H30N2O2/c1-5-9-18-12-13(15-6-2)14(3,4)16-7-10-17-11-8-16/h13,15H,5-12H2,1-4H3. The Hall–Kier alpha value is -0.160. The zero-order chi connectivity index (χ0) is 13.4. The van der Waals surface area contributed by atoms with E-state index in [1.165, 1.54) is 0 Å². The second kappa shape index (κ2) is 8.10. The van der Waals surface area contributed by atoms with Crippen LogP contribution in [0.1, 0.15) is 34.1 Å². The molecule has 0 bridgehead atoms. The third-order valence-corrected chi connectivity index (χ3v) is 3.76. The lowest BCUT2D eigenvalue weighted by atomic mass is 9.92. The summed E-state index contributed by atoms with van der Waals surface area (Å²) < 4.78 is 11.2. The second-order valence-electron chi connectivity index (χ2n) is 5.44. The zero-order valence-electron chi connectivity index (χ0n) is 12.5. The van der Waals surface area contributed by atoms with Crippen molar-refractivity contribution < 1.29 is 9.47 Å². The van der Waals surface area contributed by atoms with Gasteiger partial charge in [-0.15, -0.1) is 0 Å². The number of morpholine rings is 1. The molecule has 4 nitrogen and oxygen atoms in total. The highest BCUT2D eigenvalue weighted by Crippen LogP contribution is 2.21. The summed E-state index contributed by atoms with van der Waals surface area (Å²) in [6, 6.07) is 0.368. The van der Waals surface area contributed by atoms with Crippen molar-refractivity contribution in [1.82, 2.24) is 10.2 Å². The largest absolute Gasteiger partial charge is 0.380 e. The van der Waals surface area contributed by atoms with Crippen molar-refractivity contribution in [1.29, 1.82) is 0 Å². The molecule has 1 unspecified atom stereocenters. The van der Waals surface area contributed by atoms with Gasteiger partial charge in [-0.05, 0) is 26.8 Å². The summed E-state index contributed by atoms with van der Waals surface area (Å²) in [4.78, 5) is 2.51. The molecule has 0 spiro atoms. The van der Waals surface area contributed by atoms with Crippen LogP contribution in [0.3, 0.4) is 0 Å². The maximum absolute atomic E-state index is 5.75. The van der Waals surface area contributed by atoms with Gasteiger partial charge in [0.1, 0.15) is 0 Å². The normalized spacial score (nSPS) is 20.0. The Kier molecular flexibility index (Phi) is 7.15. The molecule has 0 saturated carbocycles. The molecular weight excluding hydrogens is 228 g/mol. The lowest BCUT2D eigenvalue weighted by molar-refractivity contribution is -0.0372. The second-order valence-corrected chi connectivity index (χ2v) is 5.44. The summed E-state index contributed by atoms with van der Waals surface area (Å²) in [6.45, 7) is 15.3. The molecule has 1 aliphatic heterocycles. The van der Waals surface area contributed by atoms with Crippen LogP contribution in [-0.2, 0) is 9.47 Å². The van der Waals surface area contributed by atoms with Gasteiger partial charge in [0, 0.05) is 31.3 Å². The Morgan fingerprint density at radius 2 is 1.94 bits per heavy atom. The summed E-state index contributed by atoms with van der Waals surface area (Å²) in [5.41, 5.74) is 0.105. The first kappa shape index (κ1) is 15.9. The molecule has 0 radical (unpaired) electrons. The fourth-order valence-electron chi connectivity index (χ4n) is 2.46. The first-order chi connectivity index (χ1) is 8.62. The van der Waals surface area contributed by atoms with Crippen LogP contribution >= 0.6 is 0 Å². The van der Waals surface area contributed by atoms with E-state index in [0.29, 0.717) is 6.04 Å². The Labute approximate surface area is 112 Å². The van der Waals surface area contributed by atoms with E-state index >= 15 is 0 Å². The smallest absolute Gasteiger partial charge is 0.0637 e. The van der Waals surface area contributed by atoms with Crippen LogP contribution < -0.4 is 5.32 Å². The van der Waals surface area contributed by atoms with E-state index in [4.69, 9.17) is 9.47 Å². The number of ether oxygens (including phenoxy) is 2. The Morgan fingerprint density at radius 3 is 2.50 bits per heavy atom. The van der Waals surface area contributed by atoms with Crippen LogP contribution in [-0.4, -0.2) is 62.5 Å². The molecule has 1 saturated heterocycles. The van der Waals surface area contributed by atoms with Gasteiger partial charge in [-0.3, -0.25) is 4.90 Å². The molecule has 0 amide bonds. The number of hydrogen-bond acceptors (Lipinski definition) is 4. The molecule has 0 aromatic heterocycles. The van der Waals surface area contributed by atoms with E-state index in [2.05, 4.69) is 37.9 Å². The molecular formula is C14H30N2O2. The Bertz CT molecular complexity index is 216. The van der Waals surface area contributed by atoms with Crippen LogP contribution in [0.2, 0.25) is 0 Å². The monoisotopic (exact) mass is 258 g/mol. The van der Waals surface area contributed by atoms with Gasteiger partial charge in [0.25, 0.3) is 0 Å². The van der Waals surface area contributed by atoms with E-state index in [1.54, 1.807) is 0 Å². The molecule has 1 aliphatic rings. The number of rotatable bonds is 8. The minimum Gasteiger partial charge on any atom is -0.380 e. The number of nitrogens with one attached hydrogen (secondary N) is 1. The summed E-state index contributed by atoms with van der Waals surface area (Å²) in [5.74, 6) is 0. The van der Waals surface area contributed by atoms with Gasteiger partial charge < -0.3 is 14.8 Å². The van der Waals surface area contributed by atoms with Crippen molar-refractivity contribution in [3.05, 3.63) is 0 Å². The molecule has 1 rings (SSSR count). The Balaban J connectivity index is 2.55. The van der Waals surface area contributed by atoms with Crippen LogP contribution in [0.4, 0.5) is 0 Å². The van der Waals surface area contributed by atoms with Crippen LogP contribution in [0, 0.1) is 0 Å². The lowest BCUT2D eigenvalue weighted by Crippen LogP contribution is -2.61.